The molecule has 0 N–H and O–H groups in total. The molecule has 4 heteroatoms. The van der Waals surface area contributed by atoms with Gasteiger partial charge in [-0.25, -0.2) is 0 Å². The molecule has 4 nitrogen and oxygen atoms in total. The molecule has 132 valence electrons. The smallest absolute Gasteiger partial charge is 0.101 e. The van der Waals surface area contributed by atoms with Crippen molar-refractivity contribution in [2.75, 3.05) is 13.7 Å². The molecular weight excluding hydrogens is 292 g/mol. The molecule has 1 spiro atoms. The SMILES string of the molecule is COC1C(OC(C)C)CC[C@]2(CO2)C1[C@]1(C)O[C@@H]1CC=C(C)C. The second-order valence-corrected chi connectivity index (χ2v) is 8.10. The summed E-state index contributed by atoms with van der Waals surface area (Å²) in [5, 5.41) is 0. The van der Waals surface area contributed by atoms with E-state index in [1.165, 1.54) is 5.57 Å². The van der Waals surface area contributed by atoms with E-state index in [-0.39, 0.29) is 41.5 Å². The highest BCUT2D eigenvalue weighted by molar-refractivity contribution is 5.20. The third-order valence-corrected chi connectivity index (χ3v) is 5.68. The van der Waals surface area contributed by atoms with E-state index in [9.17, 15) is 0 Å². The van der Waals surface area contributed by atoms with Gasteiger partial charge in [-0.2, -0.15) is 0 Å². The van der Waals surface area contributed by atoms with Crippen molar-refractivity contribution in [3.8, 4) is 0 Å². The van der Waals surface area contributed by atoms with Crippen LogP contribution < -0.4 is 0 Å². The van der Waals surface area contributed by atoms with Gasteiger partial charge in [0.1, 0.15) is 5.60 Å². The van der Waals surface area contributed by atoms with Crippen molar-refractivity contribution in [1.29, 1.82) is 0 Å². The van der Waals surface area contributed by atoms with Crippen LogP contribution in [0.25, 0.3) is 0 Å². The molecule has 0 aromatic carbocycles. The summed E-state index contributed by atoms with van der Waals surface area (Å²) in [6, 6.07) is 0. The predicted octanol–water partition coefficient (Wildman–Crippen LogP) is 3.49. The van der Waals surface area contributed by atoms with Gasteiger partial charge < -0.3 is 18.9 Å². The Morgan fingerprint density at radius 1 is 1.35 bits per heavy atom. The van der Waals surface area contributed by atoms with Crippen molar-refractivity contribution in [3.63, 3.8) is 0 Å². The minimum atomic E-state index is -0.165. The fraction of sp³-hybridized carbons (Fsp3) is 0.895. The minimum absolute atomic E-state index is 0.0374. The predicted molar refractivity (Wildman–Crippen MR) is 89.5 cm³/mol. The average molecular weight is 324 g/mol. The number of hydrogen-bond acceptors (Lipinski definition) is 4. The lowest BCUT2D eigenvalue weighted by Gasteiger charge is -2.43. The minimum Gasteiger partial charge on any atom is -0.378 e. The van der Waals surface area contributed by atoms with E-state index < -0.39 is 0 Å². The molecule has 2 saturated heterocycles. The Hall–Kier alpha value is -0.420. The second-order valence-electron chi connectivity index (χ2n) is 8.10. The number of rotatable bonds is 6. The van der Waals surface area contributed by atoms with Crippen LogP contribution in [-0.2, 0) is 18.9 Å². The fourth-order valence-electron chi connectivity index (χ4n) is 4.44. The summed E-state index contributed by atoms with van der Waals surface area (Å²) in [7, 11) is 1.80. The Morgan fingerprint density at radius 2 is 2.04 bits per heavy atom. The monoisotopic (exact) mass is 324 g/mol. The zero-order chi connectivity index (χ0) is 16.8. The Kier molecular flexibility index (Phi) is 4.65. The standard InChI is InChI=1S/C19H32O4/c1-12(2)7-8-15-18(5,23-15)17-16(20-6)14(22-13(3)4)9-10-19(17)11-21-19/h7,13-17H,8-11H2,1-6H3/t14?,15-,16?,17?,18-,19+/m1/s1. The Bertz CT molecular complexity index is 464. The maximum Gasteiger partial charge on any atom is 0.101 e. The van der Waals surface area contributed by atoms with Crippen molar-refractivity contribution >= 4 is 0 Å². The lowest BCUT2D eigenvalue weighted by molar-refractivity contribution is -0.151. The van der Waals surface area contributed by atoms with Crippen molar-refractivity contribution < 1.29 is 18.9 Å². The average Bonchev–Trinajstić information content (AvgIpc) is 3.37. The molecule has 3 aliphatic rings. The first-order valence-electron chi connectivity index (χ1n) is 8.96. The fourth-order valence-corrected chi connectivity index (χ4v) is 4.44. The van der Waals surface area contributed by atoms with E-state index in [1.54, 1.807) is 7.11 Å². The largest absolute Gasteiger partial charge is 0.378 e. The van der Waals surface area contributed by atoms with Gasteiger partial charge in [-0.15, -0.1) is 0 Å². The van der Waals surface area contributed by atoms with Crippen LogP contribution in [0, 0.1) is 5.92 Å². The Balaban J connectivity index is 1.78. The summed E-state index contributed by atoms with van der Waals surface area (Å²) in [4.78, 5) is 0. The third-order valence-electron chi connectivity index (χ3n) is 5.68. The molecule has 2 heterocycles. The third kappa shape index (κ3) is 3.23. The van der Waals surface area contributed by atoms with Crippen LogP contribution in [0.15, 0.2) is 11.6 Å². The van der Waals surface area contributed by atoms with Gasteiger partial charge in [0.2, 0.25) is 0 Å². The number of allylic oxidation sites excluding steroid dienone is 1. The van der Waals surface area contributed by atoms with E-state index in [0.717, 1.165) is 25.9 Å². The van der Waals surface area contributed by atoms with Gasteiger partial charge in [0.05, 0.1) is 42.5 Å². The molecule has 0 aromatic heterocycles. The van der Waals surface area contributed by atoms with Gasteiger partial charge >= 0.3 is 0 Å². The molecule has 0 radical (unpaired) electrons. The number of methoxy groups -OCH3 is 1. The maximum atomic E-state index is 6.20. The lowest BCUT2D eigenvalue weighted by Crippen LogP contribution is -2.55. The molecule has 1 saturated carbocycles. The van der Waals surface area contributed by atoms with Crippen LogP contribution in [0.1, 0.15) is 53.9 Å². The van der Waals surface area contributed by atoms with E-state index >= 15 is 0 Å². The first kappa shape index (κ1) is 17.4. The quantitative estimate of drug-likeness (QED) is 0.554. The second kappa shape index (κ2) is 6.14. The van der Waals surface area contributed by atoms with Crippen molar-refractivity contribution in [2.24, 2.45) is 5.92 Å². The first-order chi connectivity index (χ1) is 10.8. The molecule has 0 amide bonds. The van der Waals surface area contributed by atoms with Gasteiger partial charge in [-0.05, 0) is 53.9 Å². The molecule has 23 heavy (non-hydrogen) atoms. The van der Waals surface area contributed by atoms with Gasteiger partial charge in [0.15, 0.2) is 0 Å². The van der Waals surface area contributed by atoms with Gasteiger partial charge in [0, 0.05) is 7.11 Å². The molecule has 1 aliphatic carbocycles. The van der Waals surface area contributed by atoms with Crippen LogP contribution in [0.5, 0.6) is 0 Å². The highest BCUT2D eigenvalue weighted by Crippen LogP contribution is 2.59. The molecule has 0 bridgehead atoms. The van der Waals surface area contributed by atoms with Crippen molar-refractivity contribution in [2.45, 2.75) is 89.5 Å². The van der Waals surface area contributed by atoms with Gasteiger partial charge in [0.25, 0.3) is 0 Å². The molecule has 3 fully saturated rings. The summed E-state index contributed by atoms with van der Waals surface area (Å²) in [5.74, 6) is 0.244. The summed E-state index contributed by atoms with van der Waals surface area (Å²) in [6.07, 6.45) is 5.92. The summed E-state index contributed by atoms with van der Waals surface area (Å²) in [6.45, 7) is 11.5. The normalized spacial score (nSPS) is 45.3. The summed E-state index contributed by atoms with van der Waals surface area (Å²) < 4.78 is 24.2. The van der Waals surface area contributed by atoms with Crippen molar-refractivity contribution in [1.82, 2.24) is 0 Å². The number of ether oxygens (including phenoxy) is 4. The van der Waals surface area contributed by atoms with Crippen LogP contribution in [-0.4, -0.2) is 49.3 Å². The summed E-state index contributed by atoms with van der Waals surface area (Å²) >= 11 is 0. The topological polar surface area (TPSA) is 43.5 Å². The van der Waals surface area contributed by atoms with Crippen LogP contribution in [0.2, 0.25) is 0 Å². The van der Waals surface area contributed by atoms with Gasteiger partial charge in [-0.3, -0.25) is 0 Å². The molecule has 3 unspecified atom stereocenters. The van der Waals surface area contributed by atoms with Gasteiger partial charge in [-0.1, -0.05) is 11.6 Å². The molecular formula is C19H32O4. The van der Waals surface area contributed by atoms with E-state index in [2.05, 4.69) is 40.7 Å². The highest BCUT2D eigenvalue weighted by atomic mass is 16.6. The van der Waals surface area contributed by atoms with Crippen LogP contribution >= 0.6 is 0 Å². The first-order valence-corrected chi connectivity index (χ1v) is 8.96. The number of epoxide rings is 2. The Morgan fingerprint density at radius 3 is 2.57 bits per heavy atom. The van der Waals surface area contributed by atoms with E-state index in [4.69, 9.17) is 18.9 Å². The van der Waals surface area contributed by atoms with Crippen LogP contribution in [0.3, 0.4) is 0 Å². The zero-order valence-electron chi connectivity index (χ0n) is 15.4. The molecule has 0 aromatic rings. The summed E-state index contributed by atoms with van der Waals surface area (Å²) in [5.41, 5.74) is 1.13. The Labute approximate surface area is 140 Å². The molecule has 3 rings (SSSR count). The zero-order valence-corrected chi connectivity index (χ0v) is 15.4. The maximum absolute atomic E-state index is 6.20. The number of hydrogen-bond donors (Lipinski definition) is 0. The van der Waals surface area contributed by atoms with Crippen molar-refractivity contribution in [3.05, 3.63) is 11.6 Å². The molecule has 2 aliphatic heterocycles. The lowest BCUT2D eigenvalue weighted by atomic mass is 9.68. The van der Waals surface area contributed by atoms with E-state index in [0.29, 0.717) is 0 Å². The molecule has 6 atom stereocenters. The van der Waals surface area contributed by atoms with E-state index in [1.807, 2.05) is 0 Å². The highest BCUT2D eigenvalue weighted by Gasteiger charge is 2.71. The van der Waals surface area contributed by atoms with Crippen LogP contribution in [0.4, 0.5) is 0 Å².